The Labute approximate surface area is 118 Å². The molecule has 1 aliphatic rings. The first-order chi connectivity index (χ1) is 10.0. The lowest BCUT2D eigenvalue weighted by atomic mass is 10.0. The molecule has 0 aliphatic carbocycles. The predicted molar refractivity (Wildman–Crippen MR) is 71.3 cm³/mol. The molecule has 1 aromatic heterocycles. The topological polar surface area (TPSA) is 58.7 Å². The molecule has 0 saturated carbocycles. The summed E-state index contributed by atoms with van der Waals surface area (Å²) in [5.41, 5.74) is 0.331. The van der Waals surface area contributed by atoms with Gasteiger partial charge in [-0.25, -0.2) is 8.78 Å². The predicted octanol–water partition coefficient (Wildman–Crippen LogP) is 2.40. The molecule has 21 heavy (non-hydrogen) atoms. The van der Waals surface area contributed by atoms with Gasteiger partial charge in [-0.2, -0.15) is 0 Å². The first kappa shape index (κ1) is 13.4. The van der Waals surface area contributed by atoms with Crippen LogP contribution in [0, 0.1) is 18.6 Å². The van der Waals surface area contributed by atoms with Crippen LogP contribution < -0.4 is 4.90 Å². The maximum Gasteiger partial charge on any atom is 0.268 e. The molecule has 1 aromatic carbocycles. The van der Waals surface area contributed by atoms with Gasteiger partial charge in [0.15, 0.2) is 5.76 Å². The third-order valence-corrected chi connectivity index (χ3v) is 3.39. The SMILES string of the molecule is Cc1onc2c1N(C)C(=O)C=NC2c1c(F)cccc1F. The highest BCUT2D eigenvalue weighted by molar-refractivity contribution is 6.33. The van der Waals surface area contributed by atoms with E-state index in [9.17, 15) is 13.6 Å². The van der Waals surface area contributed by atoms with Crippen LogP contribution in [0.3, 0.4) is 0 Å². The van der Waals surface area contributed by atoms with Gasteiger partial charge in [0.25, 0.3) is 5.91 Å². The van der Waals surface area contributed by atoms with Gasteiger partial charge in [-0.3, -0.25) is 9.79 Å². The van der Waals surface area contributed by atoms with E-state index in [0.29, 0.717) is 11.4 Å². The van der Waals surface area contributed by atoms with Gasteiger partial charge in [-0.1, -0.05) is 11.2 Å². The molecule has 0 radical (unpaired) electrons. The highest BCUT2D eigenvalue weighted by Crippen LogP contribution is 2.38. The van der Waals surface area contributed by atoms with E-state index >= 15 is 0 Å². The number of aliphatic imine (C=N–C) groups is 1. The molecule has 1 unspecified atom stereocenters. The van der Waals surface area contributed by atoms with Gasteiger partial charge < -0.3 is 9.42 Å². The minimum absolute atomic E-state index is 0.209. The summed E-state index contributed by atoms with van der Waals surface area (Å²) in [7, 11) is 1.53. The van der Waals surface area contributed by atoms with Crippen molar-refractivity contribution in [1.82, 2.24) is 5.16 Å². The highest BCUT2D eigenvalue weighted by Gasteiger charge is 2.33. The van der Waals surface area contributed by atoms with Gasteiger partial charge in [0.2, 0.25) is 0 Å². The van der Waals surface area contributed by atoms with Crippen molar-refractivity contribution in [3.8, 4) is 0 Å². The van der Waals surface area contributed by atoms with E-state index in [1.165, 1.54) is 18.0 Å². The van der Waals surface area contributed by atoms with Crippen LogP contribution in [-0.2, 0) is 4.79 Å². The number of carbonyl (C=O) groups is 1. The molecular formula is C14H11F2N3O2. The molecule has 3 rings (SSSR count). The second-order valence-corrected chi connectivity index (χ2v) is 4.69. The monoisotopic (exact) mass is 291 g/mol. The summed E-state index contributed by atoms with van der Waals surface area (Å²) in [6, 6.07) is 2.47. The Hall–Kier alpha value is -2.57. The summed E-state index contributed by atoms with van der Waals surface area (Å²) in [6.45, 7) is 1.62. The molecule has 2 heterocycles. The lowest BCUT2D eigenvalue weighted by Gasteiger charge is -2.15. The van der Waals surface area contributed by atoms with Gasteiger partial charge in [0.05, 0.1) is 11.8 Å². The molecule has 0 fully saturated rings. The zero-order valence-corrected chi connectivity index (χ0v) is 11.3. The third-order valence-electron chi connectivity index (χ3n) is 3.39. The van der Waals surface area contributed by atoms with Crippen LogP contribution in [0.1, 0.15) is 23.1 Å². The maximum absolute atomic E-state index is 14.0. The van der Waals surface area contributed by atoms with Gasteiger partial charge in [0, 0.05) is 7.05 Å². The molecule has 1 aliphatic heterocycles. The van der Waals surface area contributed by atoms with Crippen molar-refractivity contribution in [2.45, 2.75) is 13.0 Å². The summed E-state index contributed by atoms with van der Waals surface area (Å²) in [4.78, 5) is 17.2. The van der Waals surface area contributed by atoms with Crippen LogP contribution in [0.4, 0.5) is 14.5 Å². The number of benzene rings is 1. The Morgan fingerprint density at radius 2 is 1.95 bits per heavy atom. The number of aryl methyl sites for hydroxylation is 1. The summed E-state index contributed by atoms with van der Waals surface area (Å²) in [6.07, 6.45) is 1.04. The van der Waals surface area contributed by atoms with E-state index in [-0.39, 0.29) is 11.3 Å². The number of amides is 1. The molecular weight excluding hydrogens is 280 g/mol. The normalized spacial score (nSPS) is 17.8. The fraction of sp³-hybridized carbons (Fsp3) is 0.214. The van der Waals surface area contributed by atoms with Crippen molar-refractivity contribution in [2.75, 3.05) is 11.9 Å². The number of hydrogen-bond acceptors (Lipinski definition) is 4. The summed E-state index contributed by atoms with van der Waals surface area (Å²) < 4.78 is 33.0. The second kappa shape index (κ2) is 4.76. The Bertz CT molecular complexity index is 734. The number of halogens is 2. The average Bonchev–Trinajstić information content (AvgIpc) is 2.76. The van der Waals surface area contributed by atoms with Crippen LogP contribution in [-0.4, -0.2) is 24.3 Å². The Kier molecular flexibility index (Phi) is 3.04. The maximum atomic E-state index is 14.0. The summed E-state index contributed by atoms with van der Waals surface area (Å²) in [5.74, 6) is -1.53. The van der Waals surface area contributed by atoms with Gasteiger partial charge in [-0.15, -0.1) is 0 Å². The smallest absolute Gasteiger partial charge is 0.268 e. The van der Waals surface area contributed by atoms with Crippen LogP contribution in [0.25, 0.3) is 0 Å². The van der Waals surface area contributed by atoms with Gasteiger partial charge >= 0.3 is 0 Å². The minimum Gasteiger partial charge on any atom is -0.359 e. The number of rotatable bonds is 1. The molecule has 7 heteroatoms. The molecule has 1 amide bonds. The zero-order chi connectivity index (χ0) is 15.1. The number of aromatic nitrogens is 1. The van der Waals surface area contributed by atoms with E-state index in [0.717, 1.165) is 18.3 Å². The lowest BCUT2D eigenvalue weighted by molar-refractivity contribution is -0.111. The van der Waals surface area contributed by atoms with E-state index < -0.39 is 23.6 Å². The van der Waals surface area contributed by atoms with Crippen molar-refractivity contribution >= 4 is 17.8 Å². The van der Waals surface area contributed by atoms with Crippen molar-refractivity contribution in [2.24, 2.45) is 4.99 Å². The lowest BCUT2D eigenvalue weighted by Crippen LogP contribution is -2.26. The molecule has 0 saturated heterocycles. The molecule has 0 N–H and O–H groups in total. The number of anilines is 1. The fourth-order valence-electron chi connectivity index (χ4n) is 2.36. The first-order valence-corrected chi connectivity index (χ1v) is 6.21. The molecule has 108 valence electrons. The van der Waals surface area contributed by atoms with Gasteiger partial charge in [0.1, 0.15) is 29.1 Å². The molecule has 0 spiro atoms. The van der Waals surface area contributed by atoms with Crippen molar-refractivity contribution < 1.29 is 18.1 Å². The molecule has 1 atom stereocenters. The van der Waals surface area contributed by atoms with Crippen LogP contribution in [0.2, 0.25) is 0 Å². The van der Waals surface area contributed by atoms with Crippen LogP contribution in [0.5, 0.6) is 0 Å². The first-order valence-electron chi connectivity index (χ1n) is 6.21. The van der Waals surface area contributed by atoms with Crippen LogP contribution >= 0.6 is 0 Å². The number of hydrogen-bond donors (Lipinski definition) is 0. The molecule has 0 bridgehead atoms. The largest absolute Gasteiger partial charge is 0.359 e. The fourth-order valence-corrected chi connectivity index (χ4v) is 2.36. The minimum atomic E-state index is -1.06. The Morgan fingerprint density at radius 3 is 2.62 bits per heavy atom. The van der Waals surface area contributed by atoms with Crippen molar-refractivity contribution in [1.29, 1.82) is 0 Å². The second-order valence-electron chi connectivity index (χ2n) is 4.69. The van der Waals surface area contributed by atoms with E-state index in [1.807, 2.05) is 0 Å². The number of nitrogens with zero attached hydrogens (tertiary/aromatic N) is 3. The zero-order valence-electron chi connectivity index (χ0n) is 11.3. The Morgan fingerprint density at radius 1 is 1.29 bits per heavy atom. The standard InChI is InChI=1S/C14H11F2N3O2/c1-7-14-13(18-21-7)12(17-6-10(20)19(14)2)11-8(15)4-3-5-9(11)16/h3-6,12H,1-2H3. The van der Waals surface area contributed by atoms with E-state index in [4.69, 9.17) is 4.52 Å². The number of carbonyl (C=O) groups excluding carboxylic acids is 1. The Balaban J connectivity index is 2.26. The third kappa shape index (κ3) is 2.01. The average molecular weight is 291 g/mol. The van der Waals surface area contributed by atoms with Crippen molar-refractivity contribution in [3.05, 3.63) is 46.9 Å². The number of fused-ring (bicyclic) bond motifs is 1. The van der Waals surface area contributed by atoms with E-state index in [2.05, 4.69) is 10.1 Å². The summed E-state index contributed by atoms with van der Waals surface area (Å²) in [5, 5.41) is 3.83. The van der Waals surface area contributed by atoms with Crippen molar-refractivity contribution in [3.63, 3.8) is 0 Å². The van der Waals surface area contributed by atoms with Crippen LogP contribution in [0.15, 0.2) is 27.7 Å². The molecule has 5 nitrogen and oxygen atoms in total. The highest BCUT2D eigenvalue weighted by atomic mass is 19.1. The quantitative estimate of drug-likeness (QED) is 0.810. The van der Waals surface area contributed by atoms with E-state index in [1.54, 1.807) is 6.92 Å². The summed E-state index contributed by atoms with van der Waals surface area (Å²) >= 11 is 0. The van der Waals surface area contributed by atoms with Gasteiger partial charge in [-0.05, 0) is 19.1 Å². The molecule has 2 aromatic rings.